The van der Waals surface area contributed by atoms with E-state index in [0.29, 0.717) is 22.0 Å². The van der Waals surface area contributed by atoms with E-state index in [4.69, 9.17) is 23.2 Å². The summed E-state index contributed by atoms with van der Waals surface area (Å²) in [7, 11) is 0. The minimum absolute atomic E-state index is 0.102. The average Bonchev–Trinajstić information content (AvgIpc) is 2.64. The standard InChI is InChI=1S/C22H19Cl2NO3/c23-19-8-6-15(11-20(19)24)12-21(26)25-18(13-22(27)28)10-14-5-7-16-3-1-2-4-17(16)9-14/h1-9,11,18H,10,12-13H2,(H,25,26)(H,27,28). The van der Waals surface area contributed by atoms with E-state index in [2.05, 4.69) is 5.32 Å². The van der Waals surface area contributed by atoms with Crippen molar-refractivity contribution in [2.75, 3.05) is 0 Å². The van der Waals surface area contributed by atoms with Crippen molar-refractivity contribution in [2.24, 2.45) is 0 Å². The second-order valence-corrected chi connectivity index (χ2v) is 7.49. The van der Waals surface area contributed by atoms with Gasteiger partial charge in [0.1, 0.15) is 0 Å². The molecule has 3 aromatic rings. The summed E-state index contributed by atoms with van der Waals surface area (Å²) in [6.45, 7) is 0. The van der Waals surface area contributed by atoms with Crippen molar-refractivity contribution in [3.63, 3.8) is 0 Å². The molecule has 0 aliphatic heterocycles. The number of hydrogen-bond donors (Lipinski definition) is 2. The predicted molar refractivity (Wildman–Crippen MR) is 112 cm³/mol. The maximum absolute atomic E-state index is 12.4. The van der Waals surface area contributed by atoms with Gasteiger partial charge in [0.05, 0.1) is 22.9 Å². The molecule has 3 aromatic carbocycles. The van der Waals surface area contributed by atoms with Crippen LogP contribution in [0.3, 0.4) is 0 Å². The van der Waals surface area contributed by atoms with Crippen molar-refractivity contribution in [1.29, 1.82) is 0 Å². The number of fused-ring (bicyclic) bond motifs is 1. The SMILES string of the molecule is O=C(O)CC(Cc1ccc2ccccc2c1)NC(=O)Cc1ccc(Cl)c(Cl)c1. The summed E-state index contributed by atoms with van der Waals surface area (Å²) < 4.78 is 0. The van der Waals surface area contributed by atoms with Crippen LogP contribution in [-0.4, -0.2) is 23.0 Å². The summed E-state index contributed by atoms with van der Waals surface area (Å²) in [5.41, 5.74) is 1.69. The van der Waals surface area contributed by atoms with E-state index in [1.807, 2.05) is 42.5 Å². The van der Waals surface area contributed by atoms with Gasteiger partial charge in [-0.2, -0.15) is 0 Å². The largest absolute Gasteiger partial charge is 0.481 e. The molecule has 2 N–H and O–H groups in total. The molecule has 0 saturated carbocycles. The molecular formula is C22H19Cl2NO3. The molecule has 0 heterocycles. The van der Waals surface area contributed by atoms with Crippen molar-refractivity contribution in [3.8, 4) is 0 Å². The maximum Gasteiger partial charge on any atom is 0.305 e. The van der Waals surface area contributed by atoms with Crippen LogP contribution in [0, 0.1) is 0 Å². The third kappa shape index (κ3) is 5.47. The highest BCUT2D eigenvalue weighted by atomic mass is 35.5. The molecule has 0 fully saturated rings. The molecule has 4 nitrogen and oxygen atoms in total. The summed E-state index contributed by atoms with van der Waals surface area (Å²) in [5.74, 6) is -1.22. The zero-order valence-corrected chi connectivity index (χ0v) is 16.5. The van der Waals surface area contributed by atoms with Crippen molar-refractivity contribution in [1.82, 2.24) is 5.32 Å². The van der Waals surface area contributed by atoms with Gasteiger partial charge in [-0.1, -0.05) is 71.7 Å². The van der Waals surface area contributed by atoms with Crippen LogP contribution in [0.4, 0.5) is 0 Å². The van der Waals surface area contributed by atoms with Crippen molar-refractivity contribution >= 4 is 45.9 Å². The molecule has 0 radical (unpaired) electrons. The highest BCUT2D eigenvalue weighted by Gasteiger charge is 2.17. The van der Waals surface area contributed by atoms with Gasteiger partial charge < -0.3 is 10.4 Å². The molecule has 1 unspecified atom stereocenters. The van der Waals surface area contributed by atoms with Crippen LogP contribution in [0.25, 0.3) is 10.8 Å². The Kier molecular flexibility index (Phi) is 6.55. The van der Waals surface area contributed by atoms with Gasteiger partial charge in [-0.15, -0.1) is 0 Å². The van der Waals surface area contributed by atoms with E-state index in [1.54, 1.807) is 18.2 Å². The van der Waals surface area contributed by atoms with E-state index in [1.165, 1.54) is 0 Å². The Bertz CT molecular complexity index is 1020. The monoisotopic (exact) mass is 415 g/mol. The number of amides is 1. The second kappa shape index (κ2) is 9.09. The number of carbonyl (C=O) groups excluding carboxylic acids is 1. The van der Waals surface area contributed by atoms with Gasteiger partial charge in [0.25, 0.3) is 0 Å². The van der Waals surface area contributed by atoms with Crippen LogP contribution < -0.4 is 5.32 Å². The average molecular weight is 416 g/mol. The fraction of sp³-hybridized carbons (Fsp3) is 0.182. The number of aliphatic carboxylic acids is 1. The Balaban J connectivity index is 1.70. The summed E-state index contributed by atoms with van der Waals surface area (Å²) in [6.07, 6.45) is 0.384. The predicted octanol–water partition coefficient (Wildman–Crippen LogP) is 4.89. The number of rotatable bonds is 7. The normalized spacial score (nSPS) is 11.9. The Morgan fingerprint density at radius 3 is 2.32 bits per heavy atom. The van der Waals surface area contributed by atoms with E-state index in [9.17, 15) is 14.7 Å². The first-order valence-electron chi connectivity index (χ1n) is 8.83. The van der Waals surface area contributed by atoms with E-state index >= 15 is 0 Å². The molecule has 6 heteroatoms. The van der Waals surface area contributed by atoms with Gasteiger partial charge in [0.2, 0.25) is 5.91 Å². The van der Waals surface area contributed by atoms with Crippen LogP contribution >= 0.6 is 23.2 Å². The lowest BCUT2D eigenvalue weighted by atomic mass is 9.99. The third-order valence-corrected chi connectivity index (χ3v) is 5.17. The van der Waals surface area contributed by atoms with Crippen LogP contribution in [-0.2, 0) is 22.4 Å². The smallest absolute Gasteiger partial charge is 0.305 e. The molecule has 0 bridgehead atoms. The molecule has 144 valence electrons. The molecule has 0 aliphatic carbocycles. The van der Waals surface area contributed by atoms with Crippen molar-refractivity contribution < 1.29 is 14.7 Å². The Morgan fingerprint density at radius 2 is 1.61 bits per heavy atom. The number of benzene rings is 3. The number of carboxylic acids is 1. The fourth-order valence-corrected chi connectivity index (χ4v) is 3.47. The van der Waals surface area contributed by atoms with E-state index < -0.39 is 12.0 Å². The highest BCUT2D eigenvalue weighted by Crippen LogP contribution is 2.23. The molecular weight excluding hydrogens is 397 g/mol. The van der Waals surface area contributed by atoms with Crippen LogP contribution in [0.5, 0.6) is 0 Å². The molecule has 28 heavy (non-hydrogen) atoms. The molecule has 1 amide bonds. The highest BCUT2D eigenvalue weighted by molar-refractivity contribution is 6.42. The van der Waals surface area contributed by atoms with Crippen LogP contribution in [0.1, 0.15) is 17.5 Å². The molecule has 3 rings (SSSR count). The lowest BCUT2D eigenvalue weighted by molar-refractivity contribution is -0.137. The van der Waals surface area contributed by atoms with Crippen LogP contribution in [0.15, 0.2) is 60.7 Å². The van der Waals surface area contributed by atoms with E-state index in [-0.39, 0.29) is 18.7 Å². The summed E-state index contributed by atoms with van der Waals surface area (Å²) in [4.78, 5) is 23.7. The van der Waals surface area contributed by atoms with Gasteiger partial charge in [0, 0.05) is 6.04 Å². The number of carbonyl (C=O) groups is 2. The van der Waals surface area contributed by atoms with Crippen molar-refractivity contribution in [2.45, 2.75) is 25.3 Å². The number of halogens is 2. The topological polar surface area (TPSA) is 66.4 Å². The Hall–Kier alpha value is -2.56. The Morgan fingerprint density at radius 1 is 0.893 bits per heavy atom. The van der Waals surface area contributed by atoms with Gasteiger partial charge >= 0.3 is 5.97 Å². The Labute approximate surface area is 173 Å². The lowest BCUT2D eigenvalue weighted by Gasteiger charge is -2.18. The van der Waals surface area contributed by atoms with Crippen LogP contribution in [0.2, 0.25) is 10.0 Å². The van der Waals surface area contributed by atoms with Gasteiger partial charge in [-0.3, -0.25) is 9.59 Å². The molecule has 0 saturated heterocycles. The number of hydrogen-bond acceptors (Lipinski definition) is 2. The van der Waals surface area contributed by atoms with E-state index in [0.717, 1.165) is 16.3 Å². The third-order valence-electron chi connectivity index (χ3n) is 4.43. The zero-order chi connectivity index (χ0) is 20.1. The fourth-order valence-electron chi connectivity index (χ4n) is 3.15. The summed E-state index contributed by atoms with van der Waals surface area (Å²) in [6, 6.07) is 18.4. The van der Waals surface area contributed by atoms with Gasteiger partial charge in [-0.25, -0.2) is 0 Å². The first-order chi connectivity index (χ1) is 13.4. The van der Waals surface area contributed by atoms with Crippen molar-refractivity contribution in [3.05, 3.63) is 81.8 Å². The number of carboxylic acid groups (broad SMARTS) is 1. The minimum Gasteiger partial charge on any atom is -0.481 e. The van der Waals surface area contributed by atoms with Gasteiger partial charge in [0.15, 0.2) is 0 Å². The summed E-state index contributed by atoms with van der Waals surface area (Å²) >= 11 is 11.9. The summed E-state index contributed by atoms with van der Waals surface area (Å²) in [5, 5.41) is 15.0. The van der Waals surface area contributed by atoms with Gasteiger partial charge in [-0.05, 0) is 40.5 Å². The zero-order valence-electron chi connectivity index (χ0n) is 15.0. The molecule has 0 spiro atoms. The minimum atomic E-state index is -0.958. The molecule has 0 aliphatic rings. The maximum atomic E-state index is 12.4. The quantitative estimate of drug-likeness (QED) is 0.576. The second-order valence-electron chi connectivity index (χ2n) is 6.67. The molecule has 0 aromatic heterocycles. The molecule has 1 atom stereocenters. The lowest BCUT2D eigenvalue weighted by Crippen LogP contribution is -2.39. The number of nitrogens with one attached hydrogen (secondary N) is 1. The first-order valence-corrected chi connectivity index (χ1v) is 9.59. The first kappa shape index (κ1) is 20.2.